The minimum atomic E-state index is -0.250. The Kier molecular flexibility index (Phi) is 5.11. The summed E-state index contributed by atoms with van der Waals surface area (Å²) in [5.74, 6) is 0.311. The zero-order chi connectivity index (χ0) is 15.0. The van der Waals surface area contributed by atoms with E-state index in [-0.39, 0.29) is 30.0 Å². The van der Waals surface area contributed by atoms with Crippen molar-refractivity contribution in [1.82, 2.24) is 5.32 Å². The van der Waals surface area contributed by atoms with E-state index in [0.717, 1.165) is 0 Å². The van der Waals surface area contributed by atoms with E-state index in [2.05, 4.69) is 35.1 Å². The standard InChI is InChI=1S/C15H20BrClFNO/c1-7-8(2)20-9(3)14(7)15(19-4)10-5-12(17)11(16)6-13(10)18/h5-9,14-15,19H,1-4H3. The third-order valence-corrected chi connectivity index (χ3v) is 5.59. The van der Waals surface area contributed by atoms with E-state index >= 15 is 0 Å². The van der Waals surface area contributed by atoms with E-state index in [0.29, 0.717) is 21.0 Å². The largest absolute Gasteiger partial charge is 0.375 e. The number of nitrogens with one attached hydrogen (secondary N) is 1. The number of benzene rings is 1. The van der Waals surface area contributed by atoms with Crippen molar-refractivity contribution in [3.8, 4) is 0 Å². The fourth-order valence-electron chi connectivity index (χ4n) is 3.20. The topological polar surface area (TPSA) is 21.3 Å². The van der Waals surface area contributed by atoms with Crippen molar-refractivity contribution >= 4 is 27.5 Å². The fourth-order valence-corrected chi connectivity index (χ4v) is 3.69. The van der Waals surface area contributed by atoms with Crippen molar-refractivity contribution in [2.75, 3.05) is 7.05 Å². The van der Waals surface area contributed by atoms with E-state index in [1.54, 1.807) is 6.07 Å². The van der Waals surface area contributed by atoms with Gasteiger partial charge in [0, 0.05) is 22.0 Å². The zero-order valence-electron chi connectivity index (χ0n) is 12.1. The highest BCUT2D eigenvalue weighted by Gasteiger charge is 2.42. The van der Waals surface area contributed by atoms with Gasteiger partial charge in [-0.3, -0.25) is 0 Å². The first-order valence-electron chi connectivity index (χ1n) is 6.84. The maximum absolute atomic E-state index is 14.3. The van der Waals surface area contributed by atoms with Gasteiger partial charge in [0.2, 0.25) is 0 Å². The molecule has 2 rings (SSSR count). The normalized spacial score (nSPS) is 31.6. The molecule has 0 amide bonds. The first-order chi connectivity index (χ1) is 9.36. The molecule has 1 saturated heterocycles. The lowest BCUT2D eigenvalue weighted by molar-refractivity contribution is 0.0477. The molecule has 0 aliphatic carbocycles. The summed E-state index contributed by atoms with van der Waals surface area (Å²) in [5, 5.41) is 3.76. The lowest BCUT2D eigenvalue weighted by Crippen LogP contribution is -2.33. The third kappa shape index (κ3) is 2.89. The highest BCUT2D eigenvalue weighted by Crippen LogP contribution is 2.42. The Hall–Kier alpha value is -0.160. The van der Waals surface area contributed by atoms with Gasteiger partial charge in [0.15, 0.2) is 0 Å². The quantitative estimate of drug-likeness (QED) is 0.794. The Balaban J connectivity index is 2.40. The van der Waals surface area contributed by atoms with Gasteiger partial charge in [-0.25, -0.2) is 4.39 Å². The molecule has 0 saturated carbocycles. The van der Waals surface area contributed by atoms with Gasteiger partial charge in [-0.2, -0.15) is 0 Å². The average Bonchev–Trinajstić information content (AvgIpc) is 2.63. The van der Waals surface area contributed by atoms with Crippen LogP contribution in [0.4, 0.5) is 4.39 Å². The van der Waals surface area contributed by atoms with Crippen LogP contribution in [0.1, 0.15) is 32.4 Å². The summed E-state index contributed by atoms with van der Waals surface area (Å²) in [6.45, 7) is 6.27. The maximum atomic E-state index is 14.3. The molecule has 1 aliphatic rings. The summed E-state index contributed by atoms with van der Waals surface area (Å²) in [6.07, 6.45) is 0.263. The molecule has 0 aromatic heterocycles. The summed E-state index contributed by atoms with van der Waals surface area (Å²) < 4.78 is 20.8. The Bertz CT molecular complexity index is 499. The molecule has 112 valence electrons. The molecule has 1 aliphatic heterocycles. The second kappa shape index (κ2) is 6.30. The van der Waals surface area contributed by atoms with Crippen molar-refractivity contribution in [3.05, 3.63) is 33.0 Å². The van der Waals surface area contributed by atoms with Gasteiger partial charge in [0.25, 0.3) is 0 Å². The smallest absolute Gasteiger partial charge is 0.129 e. The molecule has 5 heteroatoms. The van der Waals surface area contributed by atoms with Crippen molar-refractivity contribution < 1.29 is 9.13 Å². The SMILES string of the molecule is CNC(c1cc(Cl)c(Br)cc1F)C1C(C)OC(C)C1C. The third-order valence-electron chi connectivity index (χ3n) is 4.39. The number of hydrogen-bond acceptors (Lipinski definition) is 2. The molecule has 5 atom stereocenters. The molecule has 0 radical (unpaired) electrons. The van der Waals surface area contributed by atoms with Gasteiger partial charge < -0.3 is 10.1 Å². The lowest BCUT2D eigenvalue weighted by atomic mass is 9.80. The molecule has 5 unspecified atom stereocenters. The first-order valence-corrected chi connectivity index (χ1v) is 8.01. The molecule has 1 aromatic rings. The van der Waals surface area contributed by atoms with Gasteiger partial charge in [-0.1, -0.05) is 18.5 Å². The average molecular weight is 365 g/mol. The van der Waals surface area contributed by atoms with Crippen LogP contribution in [0.15, 0.2) is 16.6 Å². The fraction of sp³-hybridized carbons (Fsp3) is 0.600. The summed E-state index contributed by atoms with van der Waals surface area (Å²) in [6, 6.07) is 3.01. The van der Waals surface area contributed by atoms with E-state index < -0.39 is 0 Å². The van der Waals surface area contributed by atoms with Crippen molar-refractivity contribution in [3.63, 3.8) is 0 Å². The first kappa shape index (κ1) is 16.2. The number of ether oxygens (including phenoxy) is 1. The predicted octanol–water partition coefficient (Wildman–Crippen LogP) is 4.56. The summed E-state index contributed by atoms with van der Waals surface area (Å²) in [5.41, 5.74) is 0.599. The Morgan fingerprint density at radius 1 is 1.30 bits per heavy atom. The van der Waals surface area contributed by atoms with E-state index in [9.17, 15) is 4.39 Å². The van der Waals surface area contributed by atoms with Crippen LogP contribution in [0, 0.1) is 17.7 Å². The van der Waals surface area contributed by atoms with Crippen LogP contribution < -0.4 is 5.32 Å². The Morgan fingerprint density at radius 2 is 1.95 bits per heavy atom. The molecule has 0 spiro atoms. The number of hydrogen-bond donors (Lipinski definition) is 1. The van der Waals surface area contributed by atoms with Crippen LogP contribution in [0.5, 0.6) is 0 Å². The molecule has 0 bridgehead atoms. The molecule has 1 N–H and O–H groups in total. The monoisotopic (exact) mass is 363 g/mol. The van der Waals surface area contributed by atoms with Gasteiger partial charge >= 0.3 is 0 Å². The molecule has 1 fully saturated rings. The number of halogens is 3. The van der Waals surface area contributed by atoms with Crippen LogP contribution >= 0.6 is 27.5 Å². The van der Waals surface area contributed by atoms with Gasteiger partial charge in [-0.15, -0.1) is 0 Å². The molecule has 20 heavy (non-hydrogen) atoms. The minimum absolute atomic E-state index is 0.0827. The maximum Gasteiger partial charge on any atom is 0.129 e. The second-order valence-corrected chi connectivity index (χ2v) is 6.80. The molecule has 1 heterocycles. The van der Waals surface area contributed by atoms with Crippen LogP contribution in [-0.4, -0.2) is 19.3 Å². The summed E-state index contributed by atoms with van der Waals surface area (Å²) >= 11 is 9.37. The van der Waals surface area contributed by atoms with Crippen molar-refractivity contribution in [1.29, 1.82) is 0 Å². The summed E-state index contributed by atoms with van der Waals surface area (Å²) in [4.78, 5) is 0. The highest BCUT2D eigenvalue weighted by atomic mass is 79.9. The van der Waals surface area contributed by atoms with Gasteiger partial charge in [-0.05, 0) is 54.9 Å². The zero-order valence-corrected chi connectivity index (χ0v) is 14.4. The van der Waals surface area contributed by atoms with E-state index in [1.807, 2.05) is 14.0 Å². The van der Waals surface area contributed by atoms with E-state index in [4.69, 9.17) is 16.3 Å². The molecule has 2 nitrogen and oxygen atoms in total. The highest BCUT2D eigenvalue weighted by molar-refractivity contribution is 9.10. The van der Waals surface area contributed by atoms with Gasteiger partial charge in [0.05, 0.1) is 17.2 Å². The van der Waals surface area contributed by atoms with Gasteiger partial charge in [0.1, 0.15) is 5.82 Å². The predicted molar refractivity (Wildman–Crippen MR) is 83.6 cm³/mol. The van der Waals surface area contributed by atoms with Crippen molar-refractivity contribution in [2.45, 2.75) is 39.0 Å². The minimum Gasteiger partial charge on any atom is -0.375 e. The molecule has 1 aromatic carbocycles. The van der Waals surface area contributed by atoms with Crippen molar-refractivity contribution in [2.24, 2.45) is 11.8 Å². The van der Waals surface area contributed by atoms with E-state index in [1.165, 1.54) is 6.07 Å². The Labute approximate surface area is 133 Å². The van der Waals surface area contributed by atoms with Crippen LogP contribution in [0.2, 0.25) is 5.02 Å². The number of rotatable bonds is 3. The Morgan fingerprint density at radius 3 is 2.45 bits per heavy atom. The second-order valence-electron chi connectivity index (χ2n) is 5.54. The summed E-state index contributed by atoms with van der Waals surface area (Å²) in [7, 11) is 1.85. The van der Waals surface area contributed by atoms with Crippen LogP contribution in [-0.2, 0) is 4.74 Å². The molecular weight excluding hydrogens is 345 g/mol. The van der Waals surface area contributed by atoms with Crippen LogP contribution in [0.3, 0.4) is 0 Å². The van der Waals surface area contributed by atoms with Crippen LogP contribution in [0.25, 0.3) is 0 Å². The molecular formula is C15H20BrClFNO. The lowest BCUT2D eigenvalue weighted by Gasteiger charge is -2.29.